The van der Waals surface area contributed by atoms with Gasteiger partial charge >= 0.3 is 5.97 Å². The molecule has 0 bridgehead atoms. The number of aryl methyl sites for hydroxylation is 2. The lowest BCUT2D eigenvalue weighted by Gasteiger charge is -2.24. The molecule has 1 amide bonds. The zero-order chi connectivity index (χ0) is 21.6. The van der Waals surface area contributed by atoms with E-state index in [1.54, 1.807) is 24.1 Å². The van der Waals surface area contributed by atoms with Gasteiger partial charge < -0.3 is 4.74 Å². The molecule has 0 N–H and O–H groups in total. The largest absolute Gasteiger partial charge is 0.459 e. The van der Waals surface area contributed by atoms with E-state index in [0.29, 0.717) is 10.8 Å². The fourth-order valence-electron chi connectivity index (χ4n) is 2.90. The number of para-hydroxylation sites is 1. The maximum absolute atomic E-state index is 12.5. The summed E-state index contributed by atoms with van der Waals surface area (Å²) in [7, 11) is 0. The quantitative estimate of drug-likeness (QED) is 0.371. The lowest BCUT2D eigenvalue weighted by molar-refractivity contribution is -0.142. The molecule has 0 spiro atoms. The number of esters is 1. The van der Waals surface area contributed by atoms with Crippen LogP contribution < -0.4 is 4.90 Å². The number of hydrogen-bond acceptors (Lipinski definition) is 6. The number of carbonyl (C=O) groups excluding carboxylic acids is 2. The molecule has 2 aromatic rings. The lowest BCUT2D eigenvalue weighted by Crippen LogP contribution is -2.25. The lowest BCUT2D eigenvalue weighted by atomic mass is 10.0. The number of carbonyl (C=O) groups is 2. The van der Waals surface area contributed by atoms with Crippen molar-refractivity contribution in [1.82, 2.24) is 4.98 Å². The summed E-state index contributed by atoms with van der Waals surface area (Å²) in [5.41, 5.74) is 3.28. The molecule has 0 saturated carbocycles. The Bertz CT molecular complexity index is 948. The van der Waals surface area contributed by atoms with E-state index in [-0.39, 0.29) is 17.6 Å². The Balaban J connectivity index is 2.49. The van der Waals surface area contributed by atoms with Crippen molar-refractivity contribution in [2.24, 2.45) is 0 Å². The van der Waals surface area contributed by atoms with E-state index in [0.717, 1.165) is 29.7 Å². The average Bonchev–Trinajstić information content (AvgIpc) is 3.13. The monoisotopic (exact) mass is 411 g/mol. The number of aromatic nitrogens is 1. The van der Waals surface area contributed by atoms with E-state index in [1.165, 1.54) is 24.3 Å². The van der Waals surface area contributed by atoms with Crippen LogP contribution in [-0.4, -0.2) is 23.0 Å². The number of ether oxygens (including phenoxy) is 1. The molecule has 6 nitrogen and oxygen atoms in total. The Morgan fingerprint density at radius 3 is 2.38 bits per heavy atom. The van der Waals surface area contributed by atoms with Crippen LogP contribution >= 0.6 is 11.3 Å². The summed E-state index contributed by atoms with van der Waals surface area (Å²) < 4.78 is 5.08. The van der Waals surface area contributed by atoms with Gasteiger partial charge in [0.1, 0.15) is 11.6 Å². The van der Waals surface area contributed by atoms with E-state index < -0.39 is 5.97 Å². The standard InChI is InChI=1S/C22H25N3O3S/c1-6-16-9-8-10-17(7-2)20(16)25(15(5)26)22-24-19(13-29-22)11-18(12-23)21(27)28-14(3)4/h8-11,13-14H,6-7H2,1-5H3/b18-11-. The number of nitrogens with zero attached hydrogens (tertiary/aromatic N) is 3. The van der Waals surface area contributed by atoms with Crippen LogP contribution in [-0.2, 0) is 27.2 Å². The third kappa shape index (κ3) is 5.30. The molecule has 0 aliphatic carbocycles. The minimum atomic E-state index is -0.690. The predicted molar refractivity (Wildman–Crippen MR) is 115 cm³/mol. The summed E-state index contributed by atoms with van der Waals surface area (Å²) in [6.07, 6.45) is 2.63. The van der Waals surface area contributed by atoms with Gasteiger partial charge in [0.05, 0.1) is 17.5 Å². The Hall–Kier alpha value is -2.98. The first-order chi connectivity index (χ1) is 13.8. The second-order valence-corrected chi connectivity index (χ2v) is 7.50. The molecule has 0 atom stereocenters. The van der Waals surface area contributed by atoms with Crippen LogP contribution in [0.5, 0.6) is 0 Å². The second kappa shape index (κ2) is 9.99. The number of benzene rings is 1. The van der Waals surface area contributed by atoms with Crippen molar-refractivity contribution in [3.05, 3.63) is 46.0 Å². The van der Waals surface area contributed by atoms with Crippen LogP contribution in [0.2, 0.25) is 0 Å². The van der Waals surface area contributed by atoms with E-state index in [1.807, 2.05) is 38.1 Å². The van der Waals surface area contributed by atoms with Crippen LogP contribution in [0.1, 0.15) is 51.4 Å². The van der Waals surface area contributed by atoms with Gasteiger partial charge in [0.25, 0.3) is 0 Å². The van der Waals surface area contributed by atoms with Gasteiger partial charge in [-0.15, -0.1) is 11.3 Å². The molecular formula is C22H25N3O3S. The van der Waals surface area contributed by atoms with Crippen molar-refractivity contribution < 1.29 is 14.3 Å². The van der Waals surface area contributed by atoms with Gasteiger partial charge in [-0.2, -0.15) is 5.26 Å². The van der Waals surface area contributed by atoms with Crippen molar-refractivity contribution in [2.45, 2.75) is 53.6 Å². The topological polar surface area (TPSA) is 83.3 Å². The summed E-state index contributed by atoms with van der Waals surface area (Å²) in [5, 5.41) is 11.5. The van der Waals surface area contributed by atoms with Crippen LogP contribution in [0, 0.1) is 11.3 Å². The normalized spacial score (nSPS) is 11.3. The summed E-state index contributed by atoms with van der Waals surface area (Å²) >= 11 is 1.29. The molecule has 1 aromatic heterocycles. The molecule has 2 rings (SSSR count). The molecule has 0 aliphatic heterocycles. The van der Waals surface area contributed by atoms with Gasteiger partial charge in [-0.1, -0.05) is 32.0 Å². The summed E-state index contributed by atoms with van der Waals surface area (Å²) in [6, 6.07) is 7.87. The van der Waals surface area contributed by atoms with Crippen molar-refractivity contribution in [3.63, 3.8) is 0 Å². The van der Waals surface area contributed by atoms with Gasteiger partial charge in [-0.25, -0.2) is 9.78 Å². The third-order valence-corrected chi connectivity index (χ3v) is 5.02. The number of nitriles is 1. The predicted octanol–water partition coefficient (Wildman–Crippen LogP) is 4.81. The molecule has 0 unspecified atom stereocenters. The molecule has 1 aromatic carbocycles. The highest BCUT2D eigenvalue weighted by Gasteiger charge is 2.23. The highest BCUT2D eigenvalue weighted by molar-refractivity contribution is 7.14. The highest BCUT2D eigenvalue weighted by Crippen LogP contribution is 2.35. The number of thiazole rings is 1. The van der Waals surface area contributed by atoms with E-state index >= 15 is 0 Å². The average molecular weight is 412 g/mol. The molecule has 0 fully saturated rings. The third-order valence-electron chi connectivity index (χ3n) is 4.18. The summed E-state index contributed by atoms with van der Waals surface area (Å²) in [4.78, 5) is 30.7. The second-order valence-electron chi connectivity index (χ2n) is 6.67. The van der Waals surface area contributed by atoms with Gasteiger partial charge in [0.2, 0.25) is 5.91 Å². The summed E-state index contributed by atoms with van der Waals surface area (Å²) in [6.45, 7) is 9.03. The van der Waals surface area contributed by atoms with Gasteiger partial charge in [0, 0.05) is 12.3 Å². The van der Waals surface area contributed by atoms with Gasteiger partial charge in [0.15, 0.2) is 5.13 Å². The Labute approximate surface area is 175 Å². The fourth-order valence-corrected chi connectivity index (χ4v) is 3.73. The van der Waals surface area contributed by atoms with E-state index in [9.17, 15) is 14.9 Å². The van der Waals surface area contributed by atoms with Crippen LogP contribution in [0.4, 0.5) is 10.8 Å². The van der Waals surface area contributed by atoms with Crippen molar-refractivity contribution in [2.75, 3.05) is 4.90 Å². The number of hydrogen-bond donors (Lipinski definition) is 0. The van der Waals surface area contributed by atoms with Crippen molar-refractivity contribution in [1.29, 1.82) is 5.26 Å². The summed E-state index contributed by atoms with van der Waals surface area (Å²) in [5.74, 6) is -0.838. The molecule has 29 heavy (non-hydrogen) atoms. The molecular weight excluding hydrogens is 386 g/mol. The first-order valence-corrected chi connectivity index (χ1v) is 10.4. The van der Waals surface area contributed by atoms with Crippen LogP contribution in [0.3, 0.4) is 0 Å². The van der Waals surface area contributed by atoms with Crippen LogP contribution in [0.15, 0.2) is 29.2 Å². The first-order valence-electron chi connectivity index (χ1n) is 9.52. The Kier molecular flexibility index (Phi) is 7.68. The Morgan fingerprint density at radius 1 is 1.28 bits per heavy atom. The molecule has 0 aliphatic rings. The van der Waals surface area contributed by atoms with Gasteiger partial charge in [-0.05, 0) is 43.9 Å². The number of amides is 1. The molecule has 0 radical (unpaired) electrons. The minimum Gasteiger partial charge on any atom is -0.459 e. The fraction of sp³-hybridized carbons (Fsp3) is 0.364. The molecule has 7 heteroatoms. The number of rotatable bonds is 7. The molecule has 152 valence electrons. The minimum absolute atomic E-state index is 0.131. The number of anilines is 2. The SMILES string of the molecule is CCc1cccc(CC)c1N(C(C)=O)c1nc(/C=C(/C#N)C(=O)OC(C)C)cs1. The van der Waals surface area contributed by atoms with E-state index in [4.69, 9.17) is 4.74 Å². The van der Waals surface area contributed by atoms with Crippen molar-refractivity contribution in [3.8, 4) is 6.07 Å². The smallest absolute Gasteiger partial charge is 0.349 e. The zero-order valence-electron chi connectivity index (χ0n) is 17.4. The van der Waals surface area contributed by atoms with Crippen LogP contribution in [0.25, 0.3) is 6.08 Å². The van der Waals surface area contributed by atoms with Gasteiger partial charge in [-0.3, -0.25) is 9.69 Å². The highest BCUT2D eigenvalue weighted by atomic mass is 32.1. The Morgan fingerprint density at radius 2 is 1.90 bits per heavy atom. The maximum atomic E-state index is 12.5. The first kappa shape index (κ1) is 22.3. The van der Waals surface area contributed by atoms with E-state index in [2.05, 4.69) is 4.98 Å². The molecule has 0 saturated heterocycles. The zero-order valence-corrected chi connectivity index (χ0v) is 18.2. The molecule has 1 heterocycles. The van der Waals surface area contributed by atoms with Crippen molar-refractivity contribution >= 4 is 40.1 Å². The maximum Gasteiger partial charge on any atom is 0.349 e.